The fourth-order valence-electron chi connectivity index (χ4n) is 1.45. The summed E-state index contributed by atoms with van der Waals surface area (Å²) < 4.78 is 5.14. The van der Waals surface area contributed by atoms with Crippen LogP contribution >= 0.6 is 11.8 Å². The van der Waals surface area contributed by atoms with Crippen LogP contribution in [0.25, 0.3) is 0 Å². The van der Waals surface area contributed by atoms with Crippen molar-refractivity contribution >= 4 is 23.4 Å². The number of ether oxygens (including phenoxy) is 1. The van der Waals surface area contributed by atoms with E-state index in [9.17, 15) is 4.79 Å². The zero-order chi connectivity index (χ0) is 13.7. The van der Waals surface area contributed by atoms with E-state index >= 15 is 0 Å². The maximum absolute atomic E-state index is 11.7. The molecule has 6 heteroatoms. The fraction of sp³-hybridized carbons (Fsp3) is 0.417. The molecule has 0 radical (unpaired) electrons. The molecule has 0 aliphatic rings. The van der Waals surface area contributed by atoms with Crippen LogP contribution in [0.5, 0.6) is 5.75 Å². The molecule has 1 aromatic rings. The van der Waals surface area contributed by atoms with Crippen molar-refractivity contribution < 1.29 is 9.53 Å². The lowest BCUT2D eigenvalue weighted by atomic mass is 10.1. The molecule has 0 spiro atoms. The average molecular weight is 269 g/mol. The van der Waals surface area contributed by atoms with E-state index in [1.54, 1.807) is 19.2 Å². The molecule has 0 aliphatic heterocycles. The minimum atomic E-state index is -0.288. The summed E-state index contributed by atoms with van der Waals surface area (Å²) >= 11 is 1.39. The lowest BCUT2D eigenvalue weighted by Crippen LogP contribution is -2.39. The lowest BCUT2D eigenvalue weighted by molar-refractivity contribution is -0.121. The number of hydrogen-bond acceptors (Lipinski definition) is 5. The maximum Gasteiger partial charge on any atom is 0.247 e. The highest BCUT2D eigenvalue weighted by molar-refractivity contribution is 8.00. The zero-order valence-corrected chi connectivity index (χ0v) is 11.6. The normalized spacial score (nSPS) is 12.3. The van der Waals surface area contributed by atoms with Gasteiger partial charge in [-0.2, -0.15) is 0 Å². The molecule has 1 atom stereocenters. The van der Waals surface area contributed by atoms with Crippen LogP contribution in [-0.4, -0.2) is 18.3 Å². The summed E-state index contributed by atoms with van der Waals surface area (Å²) in [6.07, 6.45) is 0. The summed E-state index contributed by atoms with van der Waals surface area (Å²) in [5, 5.41) is -0.288. The smallest absolute Gasteiger partial charge is 0.247 e. The molecule has 1 aromatic carbocycles. The summed E-state index contributed by atoms with van der Waals surface area (Å²) in [4.78, 5) is 12.5. The number of nitrogens with one attached hydrogen (secondary N) is 1. The fourth-order valence-corrected chi connectivity index (χ4v) is 2.56. The van der Waals surface area contributed by atoms with Crippen molar-refractivity contribution in [1.29, 1.82) is 0 Å². The molecule has 0 aromatic heterocycles. The second-order valence-electron chi connectivity index (χ2n) is 4.19. The Morgan fingerprint density at radius 3 is 2.61 bits per heavy atom. The molecule has 0 saturated carbocycles. The number of amides is 1. The minimum absolute atomic E-state index is 0.143. The molecular weight excluding hydrogens is 250 g/mol. The predicted molar refractivity (Wildman–Crippen MR) is 74.2 cm³/mol. The Morgan fingerprint density at radius 2 is 2.11 bits per heavy atom. The Labute approximate surface area is 111 Å². The van der Waals surface area contributed by atoms with Gasteiger partial charge in [-0.15, -0.1) is 11.8 Å². The predicted octanol–water partition coefficient (Wildman–Crippen LogP) is 1.38. The zero-order valence-electron chi connectivity index (χ0n) is 10.8. The Kier molecular flexibility index (Phi) is 5.30. The molecule has 0 aliphatic carbocycles. The van der Waals surface area contributed by atoms with Crippen molar-refractivity contribution in [2.24, 2.45) is 11.8 Å². The van der Waals surface area contributed by atoms with Crippen LogP contribution in [0.1, 0.15) is 13.8 Å². The van der Waals surface area contributed by atoms with Crippen LogP contribution in [0, 0.1) is 5.92 Å². The quantitative estimate of drug-likeness (QED) is 0.247. The van der Waals surface area contributed by atoms with E-state index in [0.29, 0.717) is 11.4 Å². The first-order chi connectivity index (χ1) is 8.49. The number of hydrazine groups is 1. The molecule has 0 heterocycles. The number of hydrogen-bond donors (Lipinski definition) is 3. The largest absolute Gasteiger partial charge is 0.497 e. The van der Waals surface area contributed by atoms with Crippen LogP contribution in [0.4, 0.5) is 5.69 Å². The SMILES string of the molecule is COc1ccc(N)c(SC(C(=O)NN)C(C)C)c1. The molecule has 0 bridgehead atoms. The van der Waals surface area contributed by atoms with Gasteiger partial charge >= 0.3 is 0 Å². The van der Waals surface area contributed by atoms with Gasteiger partial charge in [-0.05, 0) is 24.1 Å². The molecule has 5 N–H and O–H groups in total. The first kappa shape index (κ1) is 14.7. The highest BCUT2D eigenvalue weighted by Crippen LogP contribution is 2.34. The van der Waals surface area contributed by atoms with Crippen molar-refractivity contribution in [1.82, 2.24) is 5.43 Å². The Bertz CT molecular complexity index is 424. The summed E-state index contributed by atoms with van der Waals surface area (Å²) in [5.41, 5.74) is 8.70. The third-order valence-electron chi connectivity index (χ3n) is 2.48. The molecule has 5 nitrogen and oxygen atoms in total. The molecule has 1 rings (SSSR count). The number of nitrogens with two attached hydrogens (primary N) is 2. The Balaban J connectivity index is 2.96. The van der Waals surface area contributed by atoms with Crippen LogP contribution in [0.3, 0.4) is 0 Å². The number of nitrogen functional groups attached to an aromatic ring is 1. The van der Waals surface area contributed by atoms with E-state index < -0.39 is 0 Å². The summed E-state index contributed by atoms with van der Waals surface area (Å²) in [7, 11) is 1.59. The first-order valence-corrected chi connectivity index (χ1v) is 6.48. The summed E-state index contributed by atoms with van der Waals surface area (Å²) in [5.74, 6) is 5.83. The number of carbonyl (C=O) groups excluding carboxylic acids is 1. The average Bonchev–Trinajstić information content (AvgIpc) is 2.36. The molecule has 0 fully saturated rings. The monoisotopic (exact) mass is 269 g/mol. The van der Waals surface area contributed by atoms with Gasteiger partial charge in [0.05, 0.1) is 12.4 Å². The number of carbonyl (C=O) groups is 1. The highest BCUT2D eigenvalue weighted by Gasteiger charge is 2.23. The van der Waals surface area contributed by atoms with E-state index in [-0.39, 0.29) is 17.1 Å². The highest BCUT2D eigenvalue weighted by atomic mass is 32.2. The van der Waals surface area contributed by atoms with E-state index in [1.807, 2.05) is 19.9 Å². The van der Waals surface area contributed by atoms with Gasteiger partial charge in [0.25, 0.3) is 0 Å². The van der Waals surface area contributed by atoms with E-state index in [2.05, 4.69) is 5.43 Å². The van der Waals surface area contributed by atoms with Crippen LogP contribution in [0.15, 0.2) is 23.1 Å². The summed E-state index contributed by atoms with van der Waals surface area (Å²) in [6, 6.07) is 5.37. The van der Waals surface area contributed by atoms with Crippen molar-refractivity contribution in [2.45, 2.75) is 24.0 Å². The number of thioether (sulfide) groups is 1. The van der Waals surface area contributed by atoms with Gasteiger partial charge in [-0.1, -0.05) is 13.8 Å². The number of methoxy groups -OCH3 is 1. The van der Waals surface area contributed by atoms with Crippen molar-refractivity contribution in [3.8, 4) is 5.75 Å². The van der Waals surface area contributed by atoms with Gasteiger partial charge in [0.15, 0.2) is 0 Å². The molecule has 1 amide bonds. The van der Waals surface area contributed by atoms with Gasteiger partial charge < -0.3 is 10.5 Å². The molecule has 100 valence electrons. The van der Waals surface area contributed by atoms with Gasteiger partial charge in [0, 0.05) is 10.6 Å². The molecule has 18 heavy (non-hydrogen) atoms. The minimum Gasteiger partial charge on any atom is -0.497 e. The Hall–Kier alpha value is -1.40. The number of anilines is 1. The topological polar surface area (TPSA) is 90.4 Å². The second kappa shape index (κ2) is 6.51. The van der Waals surface area contributed by atoms with Crippen LogP contribution in [0.2, 0.25) is 0 Å². The third-order valence-corrected chi connectivity index (χ3v) is 4.10. The van der Waals surface area contributed by atoms with E-state index in [0.717, 1.165) is 4.90 Å². The molecular formula is C12H19N3O2S. The third kappa shape index (κ3) is 3.54. The van der Waals surface area contributed by atoms with E-state index in [4.69, 9.17) is 16.3 Å². The summed E-state index contributed by atoms with van der Waals surface area (Å²) in [6.45, 7) is 3.92. The first-order valence-electron chi connectivity index (χ1n) is 5.60. The second-order valence-corrected chi connectivity index (χ2v) is 5.38. The van der Waals surface area contributed by atoms with Crippen molar-refractivity contribution in [2.75, 3.05) is 12.8 Å². The van der Waals surface area contributed by atoms with E-state index in [1.165, 1.54) is 11.8 Å². The van der Waals surface area contributed by atoms with Gasteiger partial charge in [-0.3, -0.25) is 10.2 Å². The van der Waals surface area contributed by atoms with Crippen molar-refractivity contribution in [3.05, 3.63) is 18.2 Å². The van der Waals surface area contributed by atoms with Crippen LogP contribution in [-0.2, 0) is 4.79 Å². The molecule has 0 saturated heterocycles. The number of benzene rings is 1. The lowest BCUT2D eigenvalue weighted by Gasteiger charge is -2.19. The maximum atomic E-state index is 11.7. The van der Waals surface area contributed by atoms with Gasteiger partial charge in [0.2, 0.25) is 5.91 Å². The van der Waals surface area contributed by atoms with Gasteiger partial charge in [0.1, 0.15) is 5.75 Å². The van der Waals surface area contributed by atoms with Crippen molar-refractivity contribution in [3.63, 3.8) is 0 Å². The van der Waals surface area contributed by atoms with Gasteiger partial charge in [-0.25, -0.2) is 5.84 Å². The van der Waals surface area contributed by atoms with Crippen LogP contribution < -0.4 is 21.7 Å². The Morgan fingerprint density at radius 1 is 1.44 bits per heavy atom. The standard InChI is InChI=1S/C12H19N3O2S/c1-7(2)11(12(16)15-14)18-10-6-8(17-3)4-5-9(10)13/h4-7,11H,13-14H2,1-3H3,(H,15,16). The number of rotatable bonds is 5. The molecule has 1 unspecified atom stereocenters.